The van der Waals surface area contributed by atoms with Crippen molar-refractivity contribution in [2.45, 2.75) is 38.9 Å². The van der Waals surface area contributed by atoms with Gasteiger partial charge in [-0.15, -0.1) is 0 Å². The van der Waals surface area contributed by atoms with Crippen molar-refractivity contribution in [3.8, 4) is 5.75 Å². The maximum Gasteiger partial charge on any atom is 0.206 e. The van der Waals surface area contributed by atoms with E-state index in [9.17, 15) is 5.11 Å². The molecular weight excluding hydrogens is 248 g/mol. The molecule has 20 heavy (non-hydrogen) atoms. The summed E-state index contributed by atoms with van der Waals surface area (Å²) >= 11 is 0. The lowest BCUT2D eigenvalue weighted by molar-refractivity contribution is -0.137. The molecule has 104 valence electrons. The van der Waals surface area contributed by atoms with E-state index in [1.165, 1.54) is 22.3 Å². The van der Waals surface area contributed by atoms with E-state index in [1.807, 2.05) is 12.1 Å². The van der Waals surface area contributed by atoms with Crippen LogP contribution in [-0.4, -0.2) is 10.9 Å². The van der Waals surface area contributed by atoms with Crippen LogP contribution in [-0.2, 0) is 0 Å². The lowest BCUT2D eigenvalue weighted by Crippen LogP contribution is -2.38. The Morgan fingerprint density at radius 3 is 2.40 bits per heavy atom. The highest BCUT2D eigenvalue weighted by atomic mass is 16.6. The number of aryl methyl sites for hydroxylation is 2. The summed E-state index contributed by atoms with van der Waals surface area (Å²) in [5, 5.41) is 10.4. The van der Waals surface area contributed by atoms with E-state index < -0.39 is 5.79 Å². The molecule has 2 atom stereocenters. The Hall–Kier alpha value is -1.80. The summed E-state index contributed by atoms with van der Waals surface area (Å²) in [4.78, 5) is 0. The fourth-order valence-corrected chi connectivity index (χ4v) is 2.90. The summed E-state index contributed by atoms with van der Waals surface area (Å²) < 4.78 is 5.71. The molecule has 0 amide bonds. The van der Waals surface area contributed by atoms with Gasteiger partial charge in [-0.2, -0.15) is 0 Å². The van der Waals surface area contributed by atoms with Crippen molar-refractivity contribution in [3.05, 3.63) is 64.7 Å². The molecule has 2 nitrogen and oxygen atoms in total. The maximum atomic E-state index is 10.4. The van der Waals surface area contributed by atoms with Gasteiger partial charge < -0.3 is 9.84 Å². The van der Waals surface area contributed by atoms with Crippen LogP contribution < -0.4 is 4.74 Å². The molecule has 1 heterocycles. The maximum absolute atomic E-state index is 10.4. The van der Waals surface area contributed by atoms with Crippen LogP contribution in [0.15, 0.2) is 42.5 Å². The first-order valence-electron chi connectivity index (χ1n) is 7.03. The Bertz CT molecular complexity index is 626. The molecule has 0 saturated carbocycles. The van der Waals surface area contributed by atoms with Gasteiger partial charge in [0, 0.05) is 24.8 Å². The lowest BCUT2D eigenvalue weighted by atomic mass is 9.82. The normalized spacial score (nSPS) is 24.9. The van der Waals surface area contributed by atoms with Gasteiger partial charge in [-0.1, -0.05) is 47.5 Å². The molecule has 1 N–H and O–H groups in total. The number of rotatable bonds is 1. The van der Waals surface area contributed by atoms with E-state index in [1.54, 1.807) is 6.92 Å². The van der Waals surface area contributed by atoms with Gasteiger partial charge in [-0.3, -0.25) is 0 Å². The number of hydrogen-bond acceptors (Lipinski definition) is 2. The molecule has 2 unspecified atom stereocenters. The molecule has 2 heteroatoms. The van der Waals surface area contributed by atoms with Crippen molar-refractivity contribution in [2.24, 2.45) is 0 Å². The van der Waals surface area contributed by atoms with Crippen molar-refractivity contribution in [1.29, 1.82) is 0 Å². The third-order valence-corrected chi connectivity index (χ3v) is 3.93. The standard InChI is InChI=1S/C18H20O2/c1-12-4-7-14(8-5-12)16-11-18(3,19)20-17-9-6-13(2)10-15(16)17/h4-10,16,19H,11H2,1-3H3. The SMILES string of the molecule is Cc1ccc(C2CC(C)(O)Oc3ccc(C)cc32)cc1. The minimum atomic E-state index is -1.11. The van der Waals surface area contributed by atoms with Gasteiger partial charge in [0.2, 0.25) is 5.79 Å². The molecule has 0 saturated heterocycles. The molecular formula is C18H20O2. The Morgan fingerprint density at radius 2 is 1.70 bits per heavy atom. The van der Waals surface area contributed by atoms with Gasteiger partial charge in [0.1, 0.15) is 5.75 Å². The first kappa shape index (κ1) is 13.2. The van der Waals surface area contributed by atoms with Crippen molar-refractivity contribution >= 4 is 0 Å². The van der Waals surface area contributed by atoms with E-state index >= 15 is 0 Å². The highest BCUT2D eigenvalue weighted by Crippen LogP contribution is 2.43. The summed E-state index contributed by atoms with van der Waals surface area (Å²) in [7, 11) is 0. The van der Waals surface area contributed by atoms with E-state index in [-0.39, 0.29) is 5.92 Å². The number of ether oxygens (including phenoxy) is 1. The van der Waals surface area contributed by atoms with E-state index in [4.69, 9.17) is 4.74 Å². The molecule has 2 aromatic carbocycles. The third kappa shape index (κ3) is 2.44. The van der Waals surface area contributed by atoms with E-state index in [0.29, 0.717) is 6.42 Å². The summed E-state index contributed by atoms with van der Waals surface area (Å²) in [6.07, 6.45) is 0.576. The molecule has 2 aromatic rings. The van der Waals surface area contributed by atoms with Crippen LogP contribution in [0, 0.1) is 13.8 Å². The van der Waals surface area contributed by atoms with Gasteiger partial charge >= 0.3 is 0 Å². The van der Waals surface area contributed by atoms with Crippen LogP contribution in [0.5, 0.6) is 5.75 Å². The molecule has 3 rings (SSSR count). The van der Waals surface area contributed by atoms with Crippen LogP contribution in [0.3, 0.4) is 0 Å². The zero-order valence-electron chi connectivity index (χ0n) is 12.2. The number of fused-ring (bicyclic) bond motifs is 1. The second kappa shape index (κ2) is 4.64. The van der Waals surface area contributed by atoms with Crippen LogP contribution >= 0.6 is 0 Å². The zero-order valence-corrected chi connectivity index (χ0v) is 12.2. The summed E-state index contributed by atoms with van der Waals surface area (Å²) in [6.45, 7) is 5.90. The van der Waals surface area contributed by atoms with Crippen molar-refractivity contribution < 1.29 is 9.84 Å². The second-order valence-electron chi connectivity index (χ2n) is 5.99. The predicted octanol–water partition coefficient (Wildman–Crippen LogP) is 3.93. The highest BCUT2D eigenvalue weighted by Gasteiger charge is 2.36. The Morgan fingerprint density at radius 1 is 1.05 bits per heavy atom. The third-order valence-electron chi connectivity index (χ3n) is 3.93. The van der Waals surface area contributed by atoms with Gasteiger partial charge in [0.25, 0.3) is 0 Å². The van der Waals surface area contributed by atoms with E-state index in [2.05, 4.69) is 44.2 Å². The fraction of sp³-hybridized carbons (Fsp3) is 0.333. The predicted molar refractivity (Wildman–Crippen MR) is 80.1 cm³/mol. The monoisotopic (exact) mass is 268 g/mol. The molecule has 0 fully saturated rings. The second-order valence-corrected chi connectivity index (χ2v) is 5.99. The Balaban J connectivity index is 2.10. The summed E-state index contributed by atoms with van der Waals surface area (Å²) in [5.41, 5.74) is 4.86. The minimum Gasteiger partial charge on any atom is -0.463 e. The Labute approximate surface area is 120 Å². The molecule has 1 aliphatic heterocycles. The van der Waals surface area contributed by atoms with Crippen molar-refractivity contribution in [1.82, 2.24) is 0 Å². The van der Waals surface area contributed by atoms with Crippen LogP contribution in [0.25, 0.3) is 0 Å². The summed E-state index contributed by atoms with van der Waals surface area (Å²) in [5.74, 6) is -0.149. The largest absolute Gasteiger partial charge is 0.463 e. The van der Waals surface area contributed by atoms with Crippen LogP contribution in [0.2, 0.25) is 0 Å². The first-order chi connectivity index (χ1) is 9.44. The lowest BCUT2D eigenvalue weighted by Gasteiger charge is -2.36. The van der Waals surface area contributed by atoms with E-state index in [0.717, 1.165) is 5.75 Å². The highest BCUT2D eigenvalue weighted by molar-refractivity contribution is 5.46. The zero-order chi connectivity index (χ0) is 14.3. The fourth-order valence-electron chi connectivity index (χ4n) is 2.90. The summed E-state index contributed by atoms with van der Waals surface area (Å²) in [6, 6.07) is 14.7. The van der Waals surface area contributed by atoms with Crippen molar-refractivity contribution in [3.63, 3.8) is 0 Å². The van der Waals surface area contributed by atoms with Gasteiger partial charge in [-0.05, 0) is 25.5 Å². The number of aliphatic hydroxyl groups is 1. The molecule has 1 aliphatic rings. The average Bonchev–Trinajstić information content (AvgIpc) is 2.39. The smallest absolute Gasteiger partial charge is 0.206 e. The molecule has 0 spiro atoms. The topological polar surface area (TPSA) is 29.5 Å². The van der Waals surface area contributed by atoms with Crippen molar-refractivity contribution in [2.75, 3.05) is 0 Å². The number of hydrogen-bond donors (Lipinski definition) is 1. The van der Waals surface area contributed by atoms with Gasteiger partial charge in [0.15, 0.2) is 0 Å². The quantitative estimate of drug-likeness (QED) is 0.849. The van der Waals surface area contributed by atoms with Crippen LogP contribution in [0.4, 0.5) is 0 Å². The molecule has 0 radical (unpaired) electrons. The Kier molecular flexibility index (Phi) is 3.06. The number of benzene rings is 2. The molecule has 0 aromatic heterocycles. The molecule has 0 bridgehead atoms. The first-order valence-corrected chi connectivity index (χ1v) is 7.03. The van der Waals surface area contributed by atoms with Crippen LogP contribution in [0.1, 0.15) is 41.5 Å². The minimum absolute atomic E-state index is 0.175. The molecule has 0 aliphatic carbocycles. The van der Waals surface area contributed by atoms with Gasteiger partial charge in [0.05, 0.1) is 0 Å². The average molecular weight is 268 g/mol. The van der Waals surface area contributed by atoms with Gasteiger partial charge in [-0.25, -0.2) is 0 Å².